The molecule has 0 aliphatic carbocycles. The molecule has 112 valence electrons. The molecular weight excluding hydrogens is 254 g/mol. The van der Waals surface area contributed by atoms with Gasteiger partial charge >= 0.3 is 5.97 Å². The van der Waals surface area contributed by atoms with E-state index in [1.165, 1.54) is 0 Å². The first-order valence-electron chi connectivity index (χ1n) is 7.10. The van der Waals surface area contributed by atoms with Gasteiger partial charge in [0.05, 0.1) is 6.10 Å². The molecule has 1 N–H and O–H groups in total. The molecule has 20 heavy (non-hydrogen) atoms. The molecule has 0 fully saturated rings. The van der Waals surface area contributed by atoms with Gasteiger partial charge in [0.25, 0.3) is 0 Å². The van der Waals surface area contributed by atoms with Gasteiger partial charge in [-0.05, 0) is 45.9 Å². The van der Waals surface area contributed by atoms with Gasteiger partial charge in [0.2, 0.25) is 0 Å². The monoisotopic (exact) mass is 279 g/mol. The molecule has 1 aromatic carbocycles. The minimum absolute atomic E-state index is 0.0620. The molecule has 4 nitrogen and oxygen atoms in total. The predicted octanol–water partition coefficient (Wildman–Crippen LogP) is 3.00. The molecule has 1 aromatic rings. The van der Waals surface area contributed by atoms with E-state index in [4.69, 9.17) is 9.47 Å². The highest BCUT2D eigenvalue weighted by atomic mass is 16.6. The molecule has 0 bridgehead atoms. The summed E-state index contributed by atoms with van der Waals surface area (Å²) in [5.74, 6) is 0.391. The van der Waals surface area contributed by atoms with Crippen LogP contribution >= 0.6 is 0 Å². The largest absolute Gasteiger partial charge is 0.482 e. The van der Waals surface area contributed by atoms with Crippen LogP contribution in [-0.2, 0) is 9.53 Å². The van der Waals surface area contributed by atoms with Gasteiger partial charge in [-0.2, -0.15) is 0 Å². The Balaban J connectivity index is 2.77. The van der Waals surface area contributed by atoms with Gasteiger partial charge in [0.15, 0.2) is 6.61 Å². The van der Waals surface area contributed by atoms with Crippen LogP contribution in [0.3, 0.4) is 0 Å². The van der Waals surface area contributed by atoms with Crippen LogP contribution in [0.5, 0.6) is 5.75 Å². The lowest BCUT2D eigenvalue weighted by Crippen LogP contribution is -2.21. The van der Waals surface area contributed by atoms with Crippen LogP contribution in [0.15, 0.2) is 18.2 Å². The molecule has 0 spiro atoms. The lowest BCUT2D eigenvalue weighted by atomic mass is 10.0. The number of carbonyl (C=O) groups is 1. The molecule has 1 rings (SSSR count). The van der Waals surface area contributed by atoms with Crippen molar-refractivity contribution in [3.63, 3.8) is 0 Å². The van der Waals surface area contributed by atoms with Crippen LogP contribution in [0.25, 0.3) is 0 Å². The molecule has 0 aliphatic rings. The topological polar surface area (TPSA) is 47.6 Å². The molecular formula is C16H25NO3. The molecule has 0 aliphatic heterocycles. The van der Waals surface area contributed by atoms with Crippen molar-refractivity contribution in [2.75, 3.05) is 13.2 Å². The Morgan fingerprint density at radius 2 is 2.00 bits per heavy atom. The minimum atomic E-state index is -0.344. The quantitative estimate of drug-likeness (QED) is 0.779. The first-order valence-corrected chi connectivity index (χ1v) is 7.10. The maximum atomic E-state index is 11.6. The molecule has 1 unspecified atom stereocenters. The van der Waals surface area contributed by atoms with Crippen LogP contribution in [-0.4, -0.2) is 25.2 Å². The van der Waals surface area contributed by atoms with Crippen molar-refractivity contribution in [2.45, 2.75) is 46.8 Å². The van der Waals surface area contributed by atoms with E-state index in [9.17, 15) is 4.79 Å². The van der Waals surface area contributed by atoms with Crippen molar-refractivity contribution in [3.8, 4) is 5.75 Å². The summed E-state index contributed by atoms with van der Waals surface area (Å²) in [6.45, 7) is 10.6. The van der Waals surface area contributed by atoms with Crippen molar-refractivity contribution >= 4 is 5.97 Å². The van der Waals surface area contributed by atoms with Gasteiger partial charge in [-0.25, -0.2) is 4.79 Å². The zero-order chi connectivity index (χ0) is 15.1. The van der Waals surface area contributed by atoms with Crippen LogP contribution in [0.4, 0.5) is 0 Å². The fourth-order valence-corrected chi connectivity index (χ4v) is 1.97. The van der Waals surface area contributed by atoms with E-state index >= 15 is 0 Å². The Morgan fingerprint density at radius 3 is 2.60 bits per heavy atom. The third kappa shape index (κ3) is 5.21. The summed E-state index contributed by atoms with van der Waals surface area (Å²) in [5.41, 5.74) is 2.15. The third-order valence-electron chi connectivity index (χ3n) is 2.86. The molecule has 0 radical (unpaired) electrons. The number of hydrogen-bond donors (Lipinski definition) is 1. The zero-order valence-electron chi connectivity index (χ0n) is 13.0. The second-order valence-corrected chi connectivity index (χ2v) is 5.15. The van der Waals surface area contributed by atoms with Crippen molar-refractivity contribution in [1.82, 2.24) is 5.32 Å². The normalized spacial score (nSPS) is 12.3. The average molecular weight is 279 g/mol. The molecule has 1 atom stereocenters. The molecule has 0 aromatic heterocycles. The van der Waals surface area contributed by atoms with E-state index in [0.717, 1.165) is 23.4 Å². The zero-order valence-corrected chi connectivity index (χ0v) is 13.0. The fraction of sp³-hybridized carbons (Fsp3) is 0.562. The SMILES string of the molecule is CCNC(C)c1ccc(C)cc1OCC(=O)OC(C)C. The number of esters is 1. The van der Waals surface area contributed by atoms with Crippen LogP contribution in [0.2, 0.25) is 0 Å². The van der Waals surface area contributed by atoms with Gasteiger partial charge in [-0.1, -0.05) is 19.1 Å². The summed E-state index contributed by atoms with van der Waals surface area (Å²) in [4.78, 5) is 11.6. The van der Waals surface area contributed by atoms with Gasteiger partial charge in [0.1, 0.15) is 5.75 Å². The van der Waals surface area contributed by atoms with Crippen LogP contribution < -0.4 is 10.1 Å². The highest BCUT2D eigenvalue weighted by molar-refractivity contribution is 5.71. The highest BCUT2D eigenvalue weighted by Gasteiger charge is 2.13. The second-order valence-electron chi connectivity index (χ2n) is 5.15. The first kappa shape index (κ1) is 16.5. The number of aryl methyl sites for hydroxylation is 1. The van der Waals surface area contributed by atoms with E-state index < -0.39 is 0 Å². The summed E-state index contributed by atoms with van der Waals surface area (Å²) in [6, 6.07) is 6.21. The maximum Gasteiger partial charge on any atom is 0.344 e. The highest BCUT2D eigenvalue weighted by Crippen LogP contribution is 2.26. The standard InChI is InChI=1S/C16H25NO3/c1-6-17-13(5)14-8-7-12(4)9-15(14)19-10-16(18)20-11(2)3/h7-9,11,13,17H,6,10H2,1-5H3. The molecule has 4 heteroatoms. The Hall–Kier alpha value is -1.55. The summed E-state index contributed by atoms with van der Waals surface area (Å²) < 4.78 is 10.7. The van der Waals surface area contributed by atoms with Gasteiger partial charge in [-0.3, -0.25) is 0 Å². The summed E-state index contributed by atoms with van der Waals surface area (Å²) in [6.07, 6.45) is -0.122. The van der Waals surface area contributed by atoms with Crippen molar-refractivity contribution < 1.29 is 14.3 Å². The van der Waals surface area contributed by atoms with Gasteiger partial charge in [0, 0.05) is 11.6 Å². The van der Waals surface area contributed by atoms with Gasteiger partial charge < -0.3 is 14.8 Å². The van der Waals surface area contributed by atoms with E-state index in [0.29, 0.717) is 0 Å². The number of nitrogens with one attached hydrogen (secondary N) is 1. The molecule has 0 saturated carbocycles. The van der Waals surface area contributed by atoms with Crippen molar-refractivity contribution in [3.05, 3.63) is 29.3 Å². The fourth-order valence-electron chi connectivity index (χ4n) is 1.97. The smallest absolute Gasteiger partial charge is 0.344 e. The van der Waals surface area contributed by atoms with Crippen LogP contribution in [0.1, 0.15) is 44.9 Å². The number of carbonyl (C=O) groups excluding carboxylic acids is 1. The predicted molar refractivity (Wildman–Crippen MR) is 80.0 cm³/mol. The summed E-state index contributed by atoms with van der Waals surface area (Å²) in [5, 5.41) is 3.35. The molecule has 0 amide bonds. The Bertz CT molecular complexity index is 443. The Kier molecular flexibility index (Phi) is 6.52. The first-order chi connectivity index (χ1) is 9.43. The minimum Gasteiger partial charge on any atom is -0.482 e. The number of benzene rings is 1. The molecule has 0 saturated heterocycles. The average Bonchev–Trinajstić information content (AvgIpc) is 2.36. The van der Waals surface area contributed by atoms with Crippen LogP contribution in [0, 0.1) is 6.92 Å². The Morgan fingerprint density at radius 1 is 1.30 bits per heavy atom. The Labute approximate surface area is 121 Å². The maximum absolute atomic E-state index is 11.6. The van der Waals surface area contributed by atoms with Crippen molar-refractivity contribution in [1.29, 1.82) is 0 Å². The van der Waals surface area contributed by atoms with E-state index in [1.807, 2.05) is 39.0 Å². The van der Waals surface area contributed by atoms with Gasteiger partial charge in [-0.15, -0.1) is 0 Å². The van der Waals surface area contributed by atoms with E-state index in [-0.39, 0.29) is 24.7 Å². The lowest BCUT2D eigenvalue weighted by molar-refractivity contribution is -0.149. The summed E-state index contributed by atoms with van der Waals surface area (Å²) >= 11 is 0. The summed E-state index contributed by atoms with van der Waals surface area (Å²) in [7, 11) is 0. The van der Waals surface area contributed by atoms with E-state index in [2.05, 4.69) is 19.2 Å². The van der Waals surface area contributed by atoms with E-state index in [1.54, 1.807) is 0 Å². The third-order valence-corrected chi connectivity index (χ3v) is 2.86. The molecule has 0 heterocycles. The number of hydrogen-bond acceptors (Lipinski definition) is 4. The second kappa shape index (κ2) is 7.90. The number of rotatable bonds is 7. The van der Waals surface area contributed by atoms with Crippen molar-refractivity contribution in [2.24, 2.45) is 0 Å². The lowest BCUT2D eigenvalue weighted by Gasteiger charge is -2.18. The number of ether oxygens (including phenoxy) is 2.